The molecule has 0 unspecified atom stereocenters. The molecule has 0 radical (unpaired) electrons. The summed E-state index contributed by atoms with van der Waals surface area (Å²) in [6.07, 6.45) is 3.08. The molecule has 1 N–H and O–H groups in total. The molecule has 1 rings (SSSR count). The minimum absolute atomic E-state index is 0.680. The molecule has 0 bridgehead atoms. The first-order valence-corrected chi connectivity index (χ1v) is 7.08. The van der Waals surface area contributed by atoms with Gasteiger partial charge in [0.05, 0.1) is 5.69 Å². The number of pyridine rings is 1. The molecule has 0 amide bonds. The molecule has 0 aliphatic rings. The Kier molecular flexibility index (Phi) is 6.73. The Hall–Kier alpha value is -1.09. The molecule has 0 aromatic carbocycles. The van der Waals surface area contributed by atoms with Gasteiger partial charge in [0.2, 0.25) is 0 Å². The third kappa shape index (κ3) is 5.05. The van der Waals surface area contributed by atoms with Crippen molar-refractivity contribution in [2.45, 2.75) is 40.7 Å². The lowest BCUT2D eigenvalue weighted by atomic mass is 10.2. The van der Waals surface area contributed by atoms with Gasteiger partial charge in [0.25, 0.3) is 0 Å². The second-order valence-corrected chi connectivity index (χ2v) is 5.11. The quantitative estimate of drug-likeness (QED) is 0.718. The fourth-order valence-corrected chi connectivity index (χ4v) is 2.01. The minimum atomic E-state index is 0.680. The van der Waals surface area contributed by atoms with Crippen LogP contribution in [0.5, 0.6) is 0 Å². The number of hydrogen-bond donors (Lipinski definition) is 1. The molecular formula is C15H27N3. The van der Waals surface area contributed by atoms with Gasteiger partial charge in [-0.25, -0.2) is 0 Å². The van der Waals surface area contributed by atoms with Gasteiger partial charge in [-0.3, -0.25) is 4.98 Å². The van der Waals surface area contributed by atoms with Crippen molar-refractivity contribution in [2.24, 2.45) is 5.92 Å². The van der Waals surface area contributed by atoms with Crippen LogP contribution >= 0.6 is 0 Å². The molecule has 0 spiro atoms. The zero-order valence-corrected chi connectivity index (χ0v) is 12.2. The maximum Gasteiger partial charge on any atom is 0.0562 e. The Labute approximate surface area is 112 Å². The van der Waals surface area contributed by atoms with E-state index >= 15 is 0 Å². The molecule has 0 atom stereocenters. The van der Waals surface area contributed by atoms with E-state index in [1.165, 1.54) is 5.69 Å². The van der Waals surface area contributed by atoms with Gasteiger partial charge in [0.1, 0.15) is 0 Å². The summed E-state index contributed by atoms with van der Waals surface area (Å²) >= 11 is 0. The lowest BCUT2D eigenvalue weighted by Gasteiger charge is -2.25. The van der Waals surface area contributed by atoms with Crippen molar-refractivity contribution in [3.63, 3.8) is 0 Å². The van der Waals surface area contributed by atoms with Gasteiger partial charge in [0.15, 0.2) is 0 Å². The van der Waals surface area contributed by atoms with Crippen LogP contribution in [0.25, 0.3) is 0 Å². The second kappa shape index (κ2) is 8.09. The molecule has 0 saturated carbocycles. The number of hydrogen-bond acceptors (Lipinski definition) is 3. The molecule has 1 heterocycles. The lowest BCUT2D eigenvalue weighted by Crippen LogP contribution is -2.27. The van der Waals surface area contributed by atoms with Crippen LogP contribution < -0.4 is 10.2 Å². The number of anilines is 1. The highest BCUT2D eigenvalue weighted by atomic mass is 15.1. The number of nitrogens with one attached hydrogen (secondary N) is 1. The van der Waals surface area contributed by atoms with Crippen LogP contribution in [0.4, 0.5) is 5.69 Å². The van der Waals surface area contributed by atoms with Crippen LogP contribution in [-0.2, 0) is 6.54 Å². The Bertz CT molecular complexity index is 336. The first-order chi connectivity index (χ1) is 8.67. The molecule has 0 saturated heterocycles. The molecule has 0 aliphatic carbocycles. The highest BCUT2D eigenvalue weighted by Crippen LogP contribution is 2.16. The summed E-state index contributed by atoms with van der Waals surface area (Å²) in [5.74, 6) is 0.680. The van der Waals surface area contributed by atoms with E-state index in [1.54, 1.807) is 0 Å². The molecular weight excluding hydrogens is 222 g/mol. The third-order valence-corrected chi connectivity index (χ3v) is 2.87. The monoisotopic (exact) mass is 249 g/mol. The van der Waals surface area contributed by atoms with Gasteiger partial charge in [-0.1, -0.05) is 20.8 Å². The summed E-state index contributed by atoms with van der Waals surface area (Å²) in [5.41, 5.74) is 2.41. The molecule has 0 fully saturated rings. The van der Waals surface area contributed by atoms with Crippen molar-refractivity contribution in [1.82, 2.24) is 10.3 Å². The maximum atomic E-state index is 4.42. The molecule has 1 aromatic rings. The Morgan fingerprint density at radius 3 is 2.72 bits per heavy atom. The van der Waals surface area contributed by atoms with E-state index < -0.39 is 0 Å². The molecule has 3 nitrogen and oxygen atoms in total. The second-order valence-electron chi connectivity index (χ2n) is 5.11. The van der Waals surface area contributed by atoms with Crippen molar-refractivity contribution in [2.75, 3.05) is 24.5 Å². The topological polar surface area (TPSA) is 28.2 Å². The van der Waals surface area contributed by atoms with Gasteiger partial charge >= 0.3 is 0 Å². The summed E-state index contributed by atoms with van der Waals surface area (Å²) in [6, 6.07) is 4.31. The summed E-state index contributed by atoms with van der Waals surface area (Å²) < 4.78 is 0. The van der Waals surface area contributed by atoms with Crippen molar-refractivity contribution in [1.29, 1.82) is 0 Å². The molecule has 0 aliphatic heterocycles. The van der Waals surface area contributed by atoms with E-state index in [-0.39, 0.29) is 0 Å². The number of nitrogens with zero attached hydrogens (tertiary/aromatic N) is 2. The largest absolute Gasteiger partial charge is 0.371 e. The Morgan fingerprint density at radius 2 is 2.11 bits per heavy atom. The van der Waals surface area contributed by atoms with Crippen molar-refractivity contribution in [3.05, 3.63) is 24.0 Å². The zero-order chi connectivity index (χ0) is 13.4. The normalized spacial score (nSPS) is 10.9. The van der Waals surface area contributed by atoms with E-state index in [1.807, 2.05) is 6.20 Å². The predicted octanol–water partition coefficient (Wildman–Crippen LogP) is 3.06. The fourth-order valence-electron chi connectivity index (χ4n) is 2.01. The predicted molar refractivity (Wildman–Crippen MR) is 79.0 cm³/mol. The number of aromatic nitrogens is 1. The third-order valence-electron chi connectivity index (χ3n) is 2.87. The smallest absolute Gasteiger partial charge is 0.0562 e. The van der Waals surface area contributed by atoms with Gasteiger partial charge in [-0.05, 0) is 37.9 Å². The highest BCUT2D eigenvalue weighted by molar-refractivity contribution is 5.46. The molecule has 102 valence electrons. The van der Waals surface area contributed by atoms with Crippen molar-refractivity contribution >= 4 is 5.69 Å². The van der Waals surface area contributed by atoms with Crippen LogP contribution in [0.1, 0.15) is 39.8 Å². The van der Waals surface area contributed by atoms with E-state index in [9.17, 15) is 0 Å². The van der Waals surface area contributed by atoms with E-state index in [2.05, 4.69) is 55.0 Å². The van der Waals surface area contributed by atoms with E-state index in [4.69, 9.17) is 0 Å². The summed E-state index contributed by atoms with van der Waals surface area (Å²) in [4.78, 5) is 6.83. The number of rotatable bonds is 8. The van der Waals surface area contributed by atoms with Crippen LogP contribution in [0.3, 0.4) is 0 Å². The fraction of sp³-hybridized carbons (Fsp3) is 0.667. The molecule has 1 aromatic heterocycles. The average molecular weight is 249 g/mol. The van der Waals surface area contributed by atoms with Gasteiger partial charge in [-0.2, -0.15) is 0 Å². The molecule has 18 heavy (non-hydrogen) atoms. The molecule has 3 heteroatoms. The summed E-state index contributed by atoms with van der Waals surface area (Å²) in [6.45, 7) is 13.0. The maximum absolute atomic E-state index is 4.42. The SMILES string of the molecule is CCCNCc1cc(N(CC)CC(C)C)ccn1. The summed E-state index contributed by atoms with van der Waals surface area (Å²) in [7, 11) is 0. The van der Waals surface area contributed by atoms with Crippen LogP contribution in [0.15, 0.2) is 18.3 Å². The van der Waals surface area contributed by atoms with Gasteiger partial charge in [-0.15, -0.1) is 0 Å². The first-order valence-electron chi connectivity index (χ1n) is 7.08. The lowest BCUT2D eigenvalue weighted by molar-refractivity contribution is 0.617. The zero-order valence-electron chi connectivity index (χ0n) is 12.2. The van der Waals surface area contributed by atoms with Crippen LogP contribution in [0, 0.1) is 5.92 Å². The average Bonchev–Trinajstić information content (AvgIpc) is 2.36. The van der Waals surface area contributed by atoms with Gasteiger partial charge in [0, 0.05) is 31.5 Å². The van der Waals surface area contributed by atoms with Crippen molar-refractivity contribution in [3.8, 4) is 0 Å². The Balaban J connectivity index is 2.66. The van der Waals surface area contributed by atoms with Crippen LogP contribution in [0.2, 0.25) is 0 Å². The van der Waals surface area contributed by atoms with Crippen LogP contribution in [-0.4, -0.2) is 24.6 Å². The van der Waals surface area contributed by atoms with E-state index in [0.717, 1.165) is 38.3 Å². The highest BCUT2D eigenvalue weighted by Gasteiger charge is 2.07. The first kappa shape index (κ1) is 15.0. The summed E-state index contributed by atoms with van der Waals surface area (Å²) in [5, 5.41) is 3.40. The van der Waals surface area contributed by atoms with Crippen molar-refractivity contribution < 1.29 is 0 Å². The Morgan fingerprint density at radius 1 is 1.33 bits per heavy atom. The van der Waals surface area contributed by atoms with Gasteiger partial charge < -0.3 is 10.2 Å². The standard InChI is InChI=1S/C15H27N3/c1-5-8-16-11-14-10-15(7-9-17-14)18(6-2)12-13(3)4/h7,9-10,13,16H,5-6,8,11-12H2,1-4H3. The van der Waals surface area contributed by atoms with E-state index in [0.29, 0.717) is 5.92 Å². The minimum Gasteiger partial charge on any atom is -0.371 e.